The summed E-state index contributed by atoms with van der Waals surface area (Å²) in [5, 5.41) is 5.70. The zero-order valence-corrected chi connectivity index (χ0v) is 22.0. The highest BCUT2D eigenvalue weighted by Crippen LogP contribution is 2.47. The average molecular weight is 505 g/mol. The lowest BCUT2D eigenvalue weighted by atomic mass is 9.89. The minimum absolute atomic E-state index is 0.0657. The Morgan fingerprint density at radius 2 is 1.83 bits per heavy atom. The molecule has 1 unspecified atom stereocenters. The van der Waals surface area contributed by atoms with Crippen molar-refractivity contribution in [1.82, 2.24) is 15.1 Å². The van der Waals surface area contributed by atoms with Crippen molar-refractivity contribution in [3.05, 3.63) is 88.0 Å². The van der Waals surface area contributed by atoms with Gasteiger partial charge in [0.05, 0.1) is 30.3 Å². The molecule has 0 spiro atoms. The smallest absolute Gasteiger partial charge is 0.338 e. The van der Waals surface area contributed by atoms with E-state index in [2.05, 4.69) is 5.32 Å². The van der Waals surface area contributed by atoms with E-state index in [9.17, 15) is 9.59 Å². The van der Waals surface area contributed by atoms with Gasteiger partial charge < -0.3 is 19.9 Å². The lowest BCUT2D eigenvalue weighted by Crippen LogP contribution is -2.39. The lowest BCUT2D eigenvalue weighted by molar-refractivity contribution is -0.139. The SMILES string of the molecule is CCOC(=O)C1=C(c2ccccc2)N=C2SC=C(CC(=O)NCCN(C)C)N2C1c1ccccc1C. The van der Waals surface area contributed by atoms with E-state index in [1.165, 1.54) is 11.8 Å². The van der Waals surface area contributed by atoms with Crippen LogP contribution >= 0.6 is 11.8 Å². The number of thioether (sulfide) groups is 1. The van der Waals surface area contributed by atoms with Crippen LogP contribution in [-0.2, 0) is 14.3 Å². The molecule has 0 radical (unpaired) electrons. The van der Waals surface area contributed by atoms with Gasteiger partial charge in [-0.05, 0) is 44.5 Å². The van der Waals surface area contributed by atoms with E-state index < -0.39 is 12.0 Å². The zero-order valence-electron chi connectivity index (χ0n) is 21.2. The van der Waals surface area contributed by atoms with Gasteiger partial charge >= 0.3 is 5.97 Å². The van der Waals surface area contributed by atoms with E-state index in [0.717, 1.165) is 34.1 Å². The molecule has 0 fully saturated rings. The third-order valence-electron chi connectivity index (χ3n) is 6.06. The second-order valence-electron chi connectivity index (χ2n) is 8.93. The molecule has 2 heterocycles. The number of rotatable bonds is 9. The number of carbonyl (C=O) groups excluding carboxylic acids is 2. The monoisotopic (exact) mass is 504 g/mol. The first-order chi connectivity index (χ1) is 17.4. The Balaban J connectivity index is 1.79. The quantitative estimate of drug-likeness (QED) is 0.512. The van der Waals surface area contributed by atoms with Crippen LogP contribution in [0.5, 0.6) is 0 Å². The number of ether oxygens (including phenoxy) is 1. The van der Waals surface area contributed by atoms with Gasteiger partial charge in [0.1, 0.15) is 0 Å². The summed E-state index contributed by atoms with van der Waals surface area (Å²) >= 11 is 1.47. The van der Waals surface area contributed by atoms with E-state index in [0.29, 0.717) is 17.8 Å². The summed E-state index contributed by atoms with van der Waals surface area (Å²) in [5.41, 5.74) is 4.76. The number of hydrogen-bond donors (Lipinski definition) is 1. The normalized spacial score (nSPS) is 17.0. The van der Waals surface area contributed by atoms with Crippen LogP contribution in [0.3, 0.4) is 0 Å². The van der Waals surface area contributed by atoms with Crippen LogP contribution in [0.25, 0.3) is 5.70 Å². The van der Waals surface area contributed by atoms with Gasteiger partial charge in [-0.15, -0.1) is 0 Å². The summed E-state index contributed by atoms with van der Waals surface area (Å²) in [4.78, 5) is 35.3. The Bertz CT molecular complexity index is 1220. The molecule has 188 valence electrons. The molecule has 1 atom stereocenters. The summed E-state index contributed by atoms with van der Waals surface area (Å²) < 4.78 is 5.56. The van der Waals surface area contributed by atoms with Crippen LogP contribution in [0.2, 0.25) is 0 Å². The first-order valence-electron chi connectivity index (χ1n) is 12.1. The Morgan fingerprint density at radius 3 is 2.53 bits per heavy atom. The van der Waals surface area contributed by atoms with Gasteiger partial charge in [-0.1, -0.05) is 66.4 Å². The topological polar surface area (TPSA) is 74.2 Å². The number of amides is 1. The van der Waals surface area contributed by atoms with Gasteiger partial charge in [0.2, 0.25) is 5.91 Å². The molecule has 0 saturated heterocycles. The summed E-state index contributed by atoms with van der Waals surface area (Å²) in [6.45, 7) is 5.42. The molecule has 7 nitrogen and oxygen atoms in total. The molecule has 1 N–H and O–H groups in total. The number of likely N-dealkylation sites (N-methyl/N-ethyl adjacent to an activating group) is 1. The summed E-state index contributed by atoms with van der Waals surface area (Å²) in [6.07, 6.45) is 0.193. The van der Waals surface area contributed by atoms with Gasteiger partial charge in [0.25, 0.3) is 0 Å². The fraction of sp³-hybridized carbons (Fsp3) is 0.321. The number of amidine groups is 1. The second kappa shape index (κ2) is 11.6. The number of hydrogen-bond acceptors (Lipinski definition) is 7. The molecule has 8 heteroatoms. The van der Waals surface area contributed by atoms with E-state index in [1.807, 2.05) is 90.8 Å². The minimum Gasteiger partial charge on any atom is -0.463 e. The number of nitrogens with one attached hydrogen (secondary N) is 1. The number of nitrogens with zero attached hydrogens (tertiary/aromatic N) is 3. The molecule has 1 amide bonds. The van der Waals surface area contributed by atoms with Gasteiger partial charge in [0, 0.05) is 24.4 Å². The van der Waals surface area contributed by atoms with Crippen LogP contribution < -0.4 is 5.32 Å². The highest BCUT2D eigenvalue weighted by molar-refractivity contribution is 8.16. The molecule has 0 bridgehead atoms. The number of benzene rings is 2. The molecular weight excluding hydrogens is 472 g/mol. The predicted octanol–water partition coefficient (Wildman–Crippen LogP) is 4.34. The fourth-order valence-electron chi connectivity index (χ4n) is 4.32. The first-order valence-corrected chi connectivity index (χ1v) is 13.0. The van der Waals surface area contributed by atoms with Crippen LogP contribution in [0.15, 0.2) is 76.3 Å². The van der Waals surface area contributed by atoms with Crippen LogP contribution in [0.1, 0.15) is 36.1 Å². The number of esters is 1. The summed E-state index contributed by atoms with van der Waals surface area (Å²) in [5.74, 6) is -0.469. The van der Waals surface area contributed by atoms with Crippen molar-refractivity contribution in [3.8, 4) is 0 Å². The van der Waals surface area contributed by atoms with Crippen molar-refractivity contribution >= 4 is 34.5 Å². The van der Waals surface area contributed by atoms with Crippen molar-refractivity contribution in [2.75, 3.05) is 33.8 Å². The summed E-state index contributed by atoms with van der Waals surface area (Å²) in [6, 6.07) is 17.3. The Hall–Kier alpha value is -3.36. The van der Waals surface area contributed by atoms with E-state index >= 15 is 0 Å². The van der Waals surface area contributed by atoms with E-state index in [1.54, 1.807) is 6.92 Å². The summed E-state index contributed by atoms with van der Waals surface area (Å²) in [7, 11) is 3.94. The molecule has 0 saturated carbocycles. The third kappa shape index (κ3) is 5.55. The molecule has 2 aliphatic rings. The zero-order chi connectivity index (χ0) is 25.7. The molecule has 4 rings (SSSR count). The second-order valence-corrected chi connectivity index (χ2v) is 9.77. The van der Waals surface area contributed by atoms with E-state index in [4.69, 9.17) is 9.73 Å². The van der Waals surface area contributed by atoms with Crippen molar-refractivity contribution in [3.63, 3.8) is 0 Å². The van der Waals surface area contributed by atoms with Gasteiger partial charge in [0.15, 0.2) is 5.17 Å². The predicted molar refractivity (Wildman–Crippen MR) is 145 cm³/mol. The average Bonchev–Trinajstić information content (AvgIpc) is 3.26. The maximum Gasteiger partial charge on any atom is 0.338 e. The third-order valence-corrected chi connectivity index (χ3v) is 6.95. The molecule has 2 aromatic rings. The molecule has 0 aromatic heterocycles. The minimum atomic E-state index is -0.469. The van der Waals surface area contributed by atoms with Crippen molar-refractivity contribution in [1.29, 1.82) is 0 Å². The number of carbonyl (C=O) groups is 2. The van der Waals surface area contributed by atoms with Crippen molar-refractivity contribution in [2.24, 2.45) is 4.99 Å². The molecule has 36 heavy (non-hydrogen) atoms. The van der Waals surface area contributed by atoms with E-state index in [-0.39, 0.29) is 18.9 Å². The number of fused-ring (bicyclic) bond motifs is 1. The van der Waals surface area contributed by atoms with Crippen LogP contribution in [-0.4, -0.2) is 60.6 Å². The van der Waals surface area contributed by atoms with Crippen LogP contribution in [0.4, 0.5) is 0 Å². The molecular formula is C28H32N4O3S. The fourth-order valence-corrected chi connectivity index (χ4v) is 5.24. The largest absolute Gasteiger partial charge is 0.463 e. The standard InChI is InChI=1S/C28H32N4O3S/c1-5-35-27(34)24-25(20-12-7-6-8-13-20)30-28-32(26(24)22-14-10-9-11-19(22)2)21(18-36-28)17-23(33)29-15-16-31(3)4/h6-14,18,26H,5,15-17H2,1-4H3,(H,29,33). The maximum atomic E-state index is 13.5. The first kappa shape index (κ1) is 25.7. The molecule has 0 aliphatic carbocycles. The van der Waals surface area contributed by atoms with Gasteiger partial charge in [-0.25, -0.2) is 9.79 Å². The maximum absolute atomic E-state index is 13.5. The molecule has 2 aliphatic heterocycles. The highest BCUT2D eigenvalue weighted by Gasteiger charge is 2.42. The van der Waals surface area contributed by atoms with Crippen molar-refractivity contribution in [2.45, 2.75) is 26.3 Å². The Morgan fingerprint density at radius 1 is 1.11 bits per heavy atom. The Labute approximate surface area is 216 Å². The van der Waals surface area contributed by atoms with Crippen molar-refractivity contribution < 1.29 is 14.3 Å². The van der Waals surface area contributed by atoms with Gasteiger partial charge in [-0.3, -0.25) is 4.79 Å². The van der Waals surface area contributed by atoms with Gasteiger partial charge in [-0.2, -0.15) is 0 Å². The molecule has 2 aromatic carbocycles. The number of aryl methyl sites for hydroxylation is 1. The Kier molecular flexibility index (Phi) is 8.28. The lowest BCUT2D eigenvalue weighted by Gasteiger charge is -2.37. The van der Waals surface area contributed by atoms with Crippen LogP contribution in [0, 0.1) is 6.92 Å². The highest BCUT2D eigenvalue weighted by atomic mass is 32.2. The number of aliphatic imine (C=N–C) groups is 1.